The van der Waals surface area contributed by atoms with E-state index in [0.29, 0.717) is 44.3 Å². The van der Waals surface area contributed by atoms with Crippen LogP contribution in [0.2, 0.25) is 5.02 Å². The molecule has 5 rings (SSSR count). The van der Waals surface area contributed by atoms with Crippen molar-refractivity contribution in [1.82, 2.24) is 19.2 Å². The molecule has 1 amide bonds. The van der Waals surface area contributed by atoms with Gasteiger partial charge in [0.05, 0.1) is 43.6 Å². The molecule has 3 aromatic carbocycles. The number of halogens is 1. The van der Waals surface area contributed by atoms with Crippen molar-refractivity contribution >= 4 is 55.8 Å². The van der Waals surface area contributed by atoms with E-state index in [-0.39, 0.29) is 23.2 Å². The van der Waals surface area contributed by atoms with Crippen molar-refractivity contribution < 1.29 is 32.5 Å². The molecule has 0 unspecified atom stereocenters. The molecule has 13 nitrogen and oxygen atoms in total. The molecule has 0 spiro atoms. The number of anilines is 1. The van der Waals surface area contributed by atoms with Crippen LogP contribution in [-0.4, -0.2) is 53.1 Å². The highest BCUT2D eigenvalue weighted by Crippen LogP contribution is 2.32. The van der Waals surface area contributed by atoms with Gasteiger partial charge in [0.2, 0.25) is 0 Å². The van der Waals surface area contributed by atoms with Gasteiger partial charge in [0, 0.05) is 22.2 Å². The Morgan fingerprint density at radius 2 is 1.90 bits per heavy atom. The van der Waals surface area contributed by atoms with E-state index in [9.17, 15) is 18.3 Å². The first-order valence-electron chi connectivity index (χ1n) is 12.1. The maximum Gasteiger partial charge on any atom is 0.409 e. The lowest BCUT2D eigenvalue weighted by Gasteiger charge is -2.24. The number of carboxylic acid groups (broad SMARTS) is 1. The number of fused-ring (bicyclic) bond motifs is 1. The van der Waals surface area contributed by atoms with Crippen LogP contribution in [-0.2, 0) is 23.2 Å². The Hall–Kier alpha value is -4.60. The molecule has 16 heteroatoms. The van der Waals surface area contributed by atoms with E-state index in [1.54, 1.807) is 48.5 Å². The van der Waals surface area contributed by atoms with Gasteiger partial charge < -0.3 is 19.3 Å². The standard InChI is InChI=1S/C26H23ClN6O7S2/c1-38-19-9-7-16(24(11-19)39-2)13-32(42(36,37)26-28-15-30-41-26)33-22-4-3-5-23(20(22)12-29-33)40-14-17-6-8-18(27)10-21(17)31-25(34)35/h3-12,15,31H,13-14H2,1-2H3,(H,34,35). The van der Waals surface area contributed by atoms with Crippen LogP contribution in [0.25, 0.3) is 10.9 Å². The molecular weight excluding hydrogens is 608 g/mol. The van der Waals surface area contributed by atoms with Gasteiger partial charge in [0.15, 0.2) is 0 Å². The Bertz CT molecular complexity index is 1850. The molecule has 2 N–H and O–H groups in total. The molecule has 0 bridgehead atoms. The summed E-state index contributed by atoms with van der Waals surface area (Å²) in [6.07, 6.45) is 1.41. The minimum atomic E-state index is -4.23. The molecule has 2 heterocycles. The van der Waals surface area contributed by atoms with Crippen molar-refractivity contribution in [3.8, 4) is 17.2 Å². The van der Waals surface area contributed by atoms with Crippen molar-refractivity contribution in [3.05, 3.63) is 83.3 Å². The smallest absolute Gasteiger partial charge is 0.409 e. The zero-order valence-corrected chi connectivity index (χ0v) is 24.5. The third-order valence-corrected chi connectivity index (χ3v) is 9.04. The molecule has 0 aliphatic rings. The van der Waals surface area contributed by atoms with E-state index in [1.807, 2.05) is 0 Å². The van der Waals surface area contributed by atoms with Crippen LogP contribution in [0.1, 0.15) is 11.1 Å². The van der Waals surface area contributed by atoms with Gasteiger partial charge in [0.25, 0.3) is 4.34 Å². The molecule has 0 saturated carbocycles. The summed E-state index contributed by atoms with van der Waals surface area (Å²) in [6, 6.07) is 14.9. The van der Waals surface area contributed by atoms with E-state index in [1.165, 1.54) is 37.6 Å². The van der Waals surface area contributed by atoms with Crippen molar-refractivity contribution in [2.24, 2.45) is 0 Å². The third kappa shape index (κ3) is 5.88. The normalized spacial score (nSPS) is 11.3. The van der Waals surface area contributed by atoms with Crippen LogP contribution < -0.4 is 23.9 Å². The summed E-state index contributed by atoms with van der Waals surface area (Å²) in [6.45, 7) is -0.168. The van der Waals surface area contributed by atoms with E-state index in [2.05, 4.69) is 19.8 Å². The van der Waals surface area contributed by atoms with E-state index < -0.39 is 16.1 Å². The second-order valence-electron chi connectivity index (χ2n) is 8.61. The first kappa shape index (κ1) is 28.9. The van der Waals surface area contributed by atoms with Gasteiger partial charge in [-0.05, 0) is 47.9 Å². The summed E-state index contributed by atoms with van der Waals surface area (Å²) in [5.41, 5.74) is 1.79. The average Bonchev–Trinajstić information content (AvgIpc) is 3.67. The maximum absolute atomic E-state index is 13.8. The minimum absolute atomic E-state index is 0.00702. The van der Waals surface area contributed by atoms with E-state index in [4.69, 9.17) is 25.8 Å². The predicted molar refractivity (Wildman–Crippen MR) is 156 cm³/mol. The summed E-state index contributed by atoms with van der Waals surface area (Å²) < 4.78 is 49.2. The zero-order chi connectivity index (χ0) is 29.9. The lowest BCUT2D eigenvalue weighted by atomic mass is 10.2. The number of nitrogens with zero attached hydrogens (tertiary/aromatic N) is 5. The number of aromatic nitrogens is 4. The van der Waals surface area contributed by atoms with Crippen molar-refractivity contribution in [2.75, 3.05) is 24.0 Å². The Balaban J connectivity index is 1.54. The fourth-order valence-corrected chi connectivity index (χ4v) is 6.34. The second-order valence-corrected chi connectivity index (χ2v) is 11.8. The lowest BCUT2D eigenvalue weighted by molar-refractivity contribution is 0.209. The quantitative estimate of drug-likeness (QED) is 0.208. The van der Waals surface area contributed by atoms with Gasteiger partial charge in [-0.25, -0.2) is 9.78 Å². The topological polar surface area (TPSA) is 158 Å². The highest BCUT2D eigenvalue weighted by molar-refractivity contribution is 7.94. The van der Waals surface area contributed by atoms with E-state index in [0.717, 1.165) is 15.9 Å². The zero-order valence-electron chi connectivity index (χ0n) is 22.1. The highest BCUT2D eigenvalue weighted by atomic mass is 35.5. The molecule has 218 valence electrons. The highest BCUT2D eigenvalue weighted by Gasteiger charge is 2.31. The number of hydrogen-bond donors (Lipinski definition) is 2. The van der Waals surface area contributed by atoms with E-state index >= 15 is 0 Å². The number of nitrogens with one attached hydrogen (secondary N) is 1. The van der Waals surface area contributed by atoms with Gasteiger partial charge in [-0.3, -0.25) is 5.32 Å². The third-order valence-electron chi connectivity index (χ3n) is 6.10. The summed E-state index contributed by atoms with van der Waals surface area (Å²) in [5, 5.41) is 16.8. The number of amides is 1. The first-order chi connectivity index (χ1) is 20.2. The number of benzene rings is 3. The van der Waals surface area contributed by atoms with Crippen LogP contribution in [0.5, 0.6) is 17.2 Å². The average molecular weight is 631 g/mol. The molecule has 0 radical (unpaired) electrons. The van der Waals surface area contributed by atoms with Crippen LogP contribution in [0.3, 0.4) is 0 Å². The lowest BCUT2D eigenvalue weighted by Crippen LogP contribution is -2.40. The Morgan fingerprint density at radius 1 is 1.10 bits per heavy atom. The Morgan fingerprint density at radius 3 is 2.62 bits per heavy atom. The summed E-state index contributed by atoms with van der Waals surface area (Å²) in [4.78, 5) is 16.4. The minimum Gasteiger partial charge on any atom is -0.497 e. The second kappa shape index (κ2) is 12.1. The number of carbonyl (C=O) groups is 1. The molecule has 2 aromatic heterocycles. The van der Waals surface area contributed by atoms with Crippen LogP contribution in [0.4, 0.5) is 10.5 Å². The predicted octanol–water partition coefficient (Wildman–Crippen LogP) is 4.75. The van der Waals surface area contributed by atoms with Crippen LogP contribution >= 0.6 is 23.1 Å². The van der Waals surface area contributed by atoms with Crippen LogP contribution in [0, 0.1) is 0 Å². The van der Waals surface area contributed by atoms with Crippen LogP contribution in [0.15, 0.2) is 71.5 Å². The van der Waals surface area contributed by atoms with Gasteiger partial charge in [0.1, 0.15) is 30.2 Å². The number of sulfonamides is 1. The summed E-state index contributed by atoms with van der Waals surface area (Å²) in [7, 11) is -1.23. The number of ether oxygens (including phenoxy) is 3. The molecule has 0 saturated heterocycles. The first-order valence-corrected chi connectivity index (χ1v) is 14.7. The molecular formula is C26H23ClN6O7S2. The molecule has 0 atom stereocenters. The number of methoxy groups -OCH3 is 2. The SMILES string of the molecule is COc1ccc(CN(n2ncc3c(OCc4ccc(Cl)cc4NC(=O)O)cccc32)S(=O)(=O)c2ncns2)c(OC)c1. The summed E-state index contributed by atoms with van der Waals surface area (Å²) >= 11 is 6.77. The molecule has 0 fully saturated rings. The van der Waals surface area contributed by atoms with Crippen molar-refractivity contribution in [1.29, 1.82) is 0 Å². The number of hydrogen-bond acceptors (Lipinski definition) is 10. The monoisotopic (exact) mass is 630 g/mol. The largest absolute Gasteiger partial charge is 0.497 e. The molecule has 5 aromatic rings. The van der Waals surface area contributed by atoms with Gasteiger partial charge in [-0.2, -0.15) is 27.1 Å². The molecule has 42 heavy (non-hydrogen) atoms. The van der Waals surface area contributed by atoms with Gasteiger partial charge in [-0.1, -0.05) is 23.7 Å². The van der Waals surface area contributed by atoms with Gasteiger partial charge >= 0.3 is 16.1 Å². The van der Waals surface area contributed by atoms with Gasteiger partial charge in [-0.15, -0.1) is 0 Å². The molecule has 0 aliphatic carbocycles. The summed E-state index contributed by atoms with van der Waals surface area (Å²) in [5.74, 6) is 1.36. The Kier molecular flexibility index (Phi) is 8.33. The Labute approximate surface area is 249 Å². The molecule has 0 aliphatic heterocycles. The fraction of sp³-hybridized carbons (Fsp3) is 0.154. The van der Waals surface area contributed by atoms with Crippen molar-refractivity contribution in [3.63, 3.8) is 0 Å². The van der Waals surface area contributed by atoms with Crippen molar-refractivity contribution in [2.45, 2.75) is 17.5 Å². The fourth-order valence-electron chi connectivity index (χ4n) is 4.13. The maximum atomic E-state index is 13.8. The number of rotatable bonds is 11.